The van der Waals surface area contributed by atoms with Gasteiger partial charge in [-0.2, -0.15) is 0 Å². The van der Waals surface area contributed by atoms with Crippen LogP contribution in [0.2, 0.25) is 0 Å². The summed E-state index contributed by atoms with van der Waals surface area (Å²) in [5.74, 6) is 1.00. The largest absolute Gasteiger partial charge is 0.497 e. The quantitative estimate of drug-likeness (QED) is 0.305. The Hall–Kier alpha value is -3.59. The average Bonchev–Trinajstić information content (AvgIpc) is 3.46. The van der Waals surface area contributed by atoms with Crippen LogP contribution >= 0.6 is 0 Å². The molecule has 2 aromatic rings. The number of nitrogens with one attached hydrogen (secondary N) is 2. The molecule has 43 heavy (non-hydrogen) atoms. The summed E-state index contributed by atoms with van der Waals surface area (Å²) in [5.41, 5.74) is 2.92. The fraction of sp³-hybridized carbons (Fsp3) is 0.559. The van der Waals surface area contributed by atoms with Gasteiger partial charge in [0.2, 0.25) is 0 Å². The Bertz CT molecular complexity index is 1540. The number of aromatic nitrogens is 1. The lowest BCUT2D eigenvalue weighted by Gasteiger charge is -2.58. The minimum atomic E-state index is -1.05. The number of oxime groups is 1. The van der Waals surface area contributed by atoms with E-state index in [1.54, 1.807) is 25.3 Å². The number of carboxylic acids is 1. The zero-order valence-electron chi connectivity index (χ0n) is 25.5. The molecule has 1 heterocycles. The van der Waals surface area contributed by atoms with Gasteiger partial charge in [-0.1, -0.05) is 30.7 Å². The number of nitrogens with zero attached hydrogens (tertiary/aromatic N) is 1. The molecule has 1 amide bonds. The van der Waals surface area contributed by atoms with E-state index in [9.17, 15) is 19.8 Å². The van der Waals surface area contributed by atoms with Crippen LogP contribution in [0.3, 0.4) is 0 Å². The van der Waals surface area contributed by atoms with Crippen LogP contribution in [-0.2, 0) is 16.1 Å². The minimum Gasteiger partial charge on any atom is -0.497 e. The number of methoxy groups -OCH3 is 1. The molecule has 0 aliphatic heterocycles. The summed E-state index contributed by atoms with van der Waals surface area (Å²) in [7, 11) is 1.56. The number of benzene rings is 1. The van der Waals surface area contributed by atoms with Gasteiger partial charge in [-0.3, -0.25) is 4.79 Å². The Morgan fingerprint density at radius 2 is 1.93 bits per heavy atom. The number of carboxylic acid groups (broad SMARTS) is 1. The van der Waals surface area contributed by atoms with Gasteiger partial charge in [0, 0.05) is 22.9 Å². The molecule has 6 rings (SSSR count). The first-order valence-electron chi connectivity index (χ1n) is 15.5. The van der Waals surface area contributed by atoms with E-state index < -0.39 is 11.6 Å². The number of aromatic amines is 1. The van der Waals surface area contributed by atoms with E-state index in [1.807, 2.05) is 13.0 Å². The number of H-pyrrole nitrogens is 1. The Kier molecular flexibility index (Phi) is 7.43. The van der Waals surface area contributed by atoms with Crippen LogP contribution in [0.25, 0.3) is 10.9 Å². The maximum atomic E-state index is 12.5. The molecule has 3 saturated carbocycles. The van der Waals surface area contributed by atoms with E-state index in [2.05, 4.69) is 41.5 Å². The highest BCUT2D eigenvalue weighted by molar-refractivity contribution is 6.05. The highest BCUT2D eigenvalue weighted by atomic mass is 16.6. The van der Waals surface area contributed by atoms with Crippen LogP contribution < -0.4 is 10.1 Å². The van der Waals surface area contributed by atoms with Crippen molar-refractivity contribution in [2.24, 2.45) is 33.7 Å². The number of aliphatic hydroxyl groups is 1. The van der Waals surface area contributed by atoms with Gasteiger partial charge in [-0.25, -0.2) is 4.79 Å². The van der Waals surface area contributed by atoms with Crippen LogP contribution in [0.1, 0.15) is 75.3 Å². The first-order valence-corrected chi connectivity index (χ1v) is 15.5. The van der Waals surface area contributed by atoms with E-state index in [0.29, 0.717) is 46.7 Å². The number of hydrogen-bond acceptors (Lipinski definition) is 6. The highest BCUT2D eigenvalue weighted by Crippen LogP contribution is 2.66. The van der Waals surface area contributed by atoms with E-state index in [4.69, 9.17) is 9.57 Å². The Balaban J connectivity index is 1.04. The second-order valence-corrected chi connectivity index (χ2v) is 13.6. The number of carbonyl (C=O) groups excluding carboxylic acids is 1. The predicted octanol–water partition coefficient (Wildman–Crippen LogP) is 5.40. The van der Waals surface area contributed by atoms with Crippen molar-refractivity contribution in [2.75, 3.05) is 20.3 Å². The van der Waals surface area contributed by atoms with Crippen LogP contribution in [0.4, 0.5) is 0 Å². The Morgan fingerprint density at radius 1 is 1.14 bits per heavy atom. The fourth-order valence-corrected chi connectivity index (χ4v) is 8.85. The molecule has 1 aromatic heterocycles. The monoisotopic (exact) mass is 589 g/mol. The number of hydrogen-bond donors (Lipinski definition) is 4. The van der Waals surface area contributed by atoms with E-state index in [0.717, 1.165) is 43.9 Å². The standard InChI is InChI=1S/C34H43N3O6/c1-32-13-9-21(17-20(32)5-7-24-26(32)10-14-33(2)27(24)11-15-34(33,3)41)37-43-19-29(38)35-16-12-23-25-18-22(42-4)6-8-28(25)36-30(23)31(39)40/h6,8-9,13,17-18,24,26-27,36,41H,5,7,10-12,14-16,19H2,1-4H3,(H,35,38)(H,39,40)/b37-21-/t24-,26-,27+,32+,33-,34+/m1/s1. The van der Waals surface area contributed by atoms with Crippen molar-refractivity contribution in [2.45, 2.75) is 71.3 Å². The molecular formula is C34H43N3O6. The number of rotatable bonds is 8. The summed E-state index contributed by atoms with van der Waals surface area (Å²) in [6.07, 6.45) is 13.1. The van der Waals surface area contributed by atoms with Crippen LogP contribution in [0.5, 0.6) is 5.75 Å². The highest BCUT2D eigenvalue weighted by Gasteiger charge is 2.62. The van der Waals surface area contributed by atoms with Crippen molar-refractivity contribution in [1.29, 1.82) is 0 Å². The minimum absolute atomic E-state index is 0.00662. The molecule has 4 aliphatic rings. The maximum absolute atomic E-state index is 12.5. The number of carbonyl (C=O) groups is 2. The smallest absolute Gasteiger partial charge is 0.352 e. The molecule has 3 fully saturated rings. The van der Waals surface area contributed by atoms with Crippen molar-refractivity contribution >= 4 is 28.5 Å². The van der Waals surface area contributed by atoms with Crippen LogP contribution in [0.15, 0.2) is 47.2 Å². The van der Waals surface area contributed by atoms with Gasteiger partial charge in [0.05, 0.1) is 12.7 Å². The van der Waals surface area contributed by atoms with Crippen molar-refractivity contribution in [3.63, 3.8) is 0 Å². The summed E-state index contributed by atoms with van der Waals surface area (Å²) in [5, 5.41) is 28.6. The van der Waals surface area contributed by atoms with Crippen LogP contribution in [-0.4, -0.2) is 58.6 Å². The Morgan fingerprint density at radius 3 is 2.70 bits per heavy atom. The van der Waals surface area contributed by atoms with Crippen molar-refractivity contribution in [3.05, 3.63) is 53.3 Å². The number of aromatic carboxylic acids is 1. The van der Waals surface area contributed by atoms with Gasteiger partial charge in [-0.05, 0) is 111 Å². The lowest BCUT2D eigenvalue weighted by molar-refractivity contribution is -0.125. The molecular weight excluding hydrogens is 546 g/mol. The number of fused-ring (bicyclic) bond motifs is 6. The molecule has 9 nitrogen and oxygen atoms in total. The van der Waals surface area contributed by atoms with Crippen molar-refractivity contribution in [1.82, 2.24) is 10.3 Å². The first-order chi connectivity index (χ1) is 20.5. The topological polar surface area (TPSA) is 133 Å². The van der Waals surface area contributed by atoms with E-state index >= 15 is 0 Å². The molecule has 9 heteroatoms. The SMILES string of the molecule is COc1ccc2[nH]c(C(=O)O)c(CCNC(=O)CO/N=C3/C=C[C@@]4(C)C(=C3)CC[C@@H]3[C@H]4CC[C@]4(C)[C@H]3CC[C@]4(C)O)c2c1. The van der Waals surface area contributed by atoms with Crippen LogP contribution in [0, 0.1) is 28.6 Å². The molecule has 0 unspecified atom stereocenters. The summed E-state index contributed by atoms with van der Waals surface area (Å²) in [4.78, 5) is 32.7. The van der Waals surface area contributed by atoms with Gasteiger partial charge >= 0.3 is 5.97 Å². The van der Waals surface area contributed by atoms with Gasteiger partial charge in [-0.15, -0.1) is 0 Å². The third kappa shape index (κ3) is 4.95. The third-order valence-electron chi connectivity index (χ3n) is 11.5. The van der Waals surface area contributed by atoms with Crippen molar-refractivity contribution < 1.29 is 29.4 Å². The first kappa shape index (κ1) is 29.5. The van der Waals surface area contributed by atoms with E-state index in [-0.39, 0.29) is 35.6 Å². The van der Waals surface area contributed by atoms with Crippen molar-refractivity contribution in [3.8, 4) is 5.75 Å². The Labute approximate surface area is 252 Å². The average molecular weight is 590 g/mol. The molecule has 4 aliphatic carbocycles. The summed E-state index contributed by atoms with van der Waals surface area (Å²) >= 11 is 0. The summed E-state index contributed by atoms with van der Waals surface area (Å²) in [6, 6.07) is 5.35. The molecule has 0 spiro atoms. The zero-order valence-corrected chi connectivity index (χ0v) is 25.5. The number of amides is 1. The van der Waals surface area contributed by atoms with Gasteiger partial charge < -0.3 is 30.1 Å². The normalized spacial score (nSPS) is 33.8. The summed E-state index contributed by atoms with van der Waals surface area (Å²) < 4.78 is 5.29. The van der Waals surface area contributed by atoms with E-state index in [1.165, 1.54) is 5.57 Å². The second-order valence-electron chi connectivity index (χ2n) is 13.6. The maximum Gasteiger partial charge on any atom is 0.352 e. The summed E-state index contributed by atoms with van der Waals surface area (Å²) in [6.45, 7) is 6.74. The second kappa shape index (κ2) is 10.8. The van der Waals surface area contributed by atoms with Gasteiger partial charge in [0.15, 0.2) is 6.61 Å². The molecule has 6 atom stereocenters. The molecule has 0 radical (unpaired) electrons. The molecule has 230 valence electrons. The molecule has 4 N–H and O–H groups in total. The van der Waals surface area contributed by atoms with Gasteiger partial charge in [0.25, 0.3) is 5.91 Å². The predicted molar refractivity (Wildman–Crippen MR) is 164 cm³/mol. The number of ether oxygens (including phenoxy) is 1. The molecule has 1 aromatic carbocycles. The molecule has 0 saturated heterocycles. The fourth-order valence-electron chi connectivity index (χ4n) is 8.85. The lowest BCUT2D eigenvalue weighted by Crippen LogP contribution is -2.53. The van der Waals surface area contributed by atoms with Gasteiger partial charge in [0.1, 0.15) is 17.2 Å². The third-order valence-corrected chi connectivity index (χ3v) is 11.5. The lowest BCUT2D eigenvalue weighted by atomic mass is 9.47. The zero-order chi connectivity index (χ0) is 30.6. The molecule has 0 bridgehead atoms. The number of allylic oxidation sites excluding steroid dienone is 4.